The second-order valence-corrected chi connectivity index (χ2v) is 4.47. The first-order valence-corrected chi connectivity index (χ1v) is 5.61. The molecule has 0 bridgehead atoms. The molecular formula is C11H17BrN2. The van der Waals surface area contributed by atoms with Crippen molar-refractivity contribution in [3.8, 4) is 0 Å². The monoisotopic (exact) mass is 256 g/mol. The summed E-state index contributed by atoms with van der Waals surface area (Å²) in [6, 6.07) is 6.75. The summed E-state index contributed by atoms with van der Waals surface area (Å²) in [6.07, 6.45) is 0. The van der Waals surface area contributed by atoms with E-state index in [0.29, 0.717) is 12.6 Å². The highest BCUT2D eigenvalue weighted by molar-refractivity contribution is 9.10. The quantitative estimate of drug-likeness (QED) is 0.867. The predicted molar refractivity (Wildman–Crippen MR) is 64.2 cm³/mol. The molecule has 0 spiro atoms. The first-order chi connectivity index (χ1) is 6.63. The molecule has 0 fully saturated rings. The maximum absolute atomic E-state index is 5.52. The lowest BCUT2D eigenvalue weighted by molar-refractivity contribution is 0.555. The number of halogens is 1. The second-order valence-electron chi connectivity index (χ2n) is 3.61. The molecule has 1 atom stereocenters. The van der Waals surface area contributed by atoms with E-state index >= 15 is 0 Å². The van der Waals surface area contributed by atoms with Gasteiger partial charge in [0.05, 0.1) is 0 Å². The van der Waals surface area contributed by atoms with E-state index < -0.39 is 0 Å². The van der Waals surface area contributed by atoms with Crippen LogP contribution >= 0.6 is 15.9 Å². The van der Waals surface area contributed by atoms with Crippen LogP contribution in [0, 0.1) is 6.92 Å². The van der Waals surface area contributed by atoms with Gasteiger partial charge in [-0.05, 0) is 31.0 Å². The molecule has 0 aliphatic heterocycles. The topological polar surface area (TPSA) is 38.0 Å². The Labute approximate surface area is 94.0 Å². The molecule has 0 aliphatic carbocycles. The molecule has 0 aromatic heterocycles. The van der Waals surface area contributed by atoms with E-state index in [1.165, 1.54) is 11.1 Å². The highest BCUT2D eigenvalue weighted by atomic mass is 79.9. The van der Waals surface area contributed by atoms with Crippen LogP contribution in [0.3, 0.4) is 0 Å². The predicted octanol–water partition coefficient (Wildman–Crippen LogP) is 2.19. The molecule has 14 heavy (non-hydrogen) atoms. The van der Waals surface area contributed by atoms with E-state index in [9.17, 15) is 0 Å². The molecule has 1 rings (SSSR count). The summed E-state index contributed by atoms with van der Waals surface area (Å²) in [4.78, 5) is 0. The van der Waals surface area contributed by atoms with Gasteiger partial charge in [-0.25, -0.2) is 0 Å². The fraction of sp³-hybridized carbons (Fsp3) is 0.455. The molecule has 1 aromatic carbocycles. The summed E-state index contributed by atoms with van der Waals surface area (Å²) >= 11 is 3.55. The van der Waals surface area contributed by atoms with Crippen molar-refractivity contribution in [1.29, 1.82) is 0 Å². The zero-order valence-electron chi connectivity index (χ0n) is 8.68. The minimum atomic E-state index is 0.364. The molecule has 0 aliphatic rings. The summed E-state index contributed by atoms with van der Waals surface area (Å²) in [7, 11) is 0. The zero-order chi connectivity index (χ0) is 10.6. The fourth-order valence-corrected chi connectivity index (χ4v) is 1.80. The fourth-order valence-electron chi connectivity index (χ4n) is 1.16. The number of hydrogen-bond donors (Lipinski definition) is 2. The summed E-state index contributed by atoms with van der Waals surface area (Å²) in [5.41, 5.74) is 8.07. The van der Waals surface area contributed by atoms with Crippen molar-refractivity contribution in [2.24, 2.45) is 5.73 Å². The Bertz CT molecular complexity index is 299. The molecule has 3 N–H and O–H groups in total. The van der Waals surface area contributed by atoms with Crippen molar-refractivity contribution in [1.82, 2.24) is 5.32 Å². The third kappa shape index (κ3) is 3.40. The Morgan fingerprint density at radius 2 is 2.21 bits per heavy atom. The highest BCUT2D eigenvalue weighted by Crippen LogP contribution is 2.18. The summed E-state index contributed by atoms with van der Waals surface area (Å²) in [5, 5.41) is 3.35. The van der Waals surface area contributed by atoms with Crippen molar-refractivity contribution in [2.45, 2.75) is 26.4 Å². The third-order valence-electron chi connectivity index (χ3n) is 2.20. The first-order valence-electron chi connectivity index (χ1n) is 4.82. The minimum absolute atomic E-state index is 0.364. The van der Waals surface area contributed by atoms with Gasteiger partial charge in [-0.1, -0.05) is 28.1 Å². The van der Waals surface area contributed by atoms with Crippen LogP contribution in [0.2, 0.25) is 0 Å². The van der Waals surface area contributed by atoms with Crippen molar-refractivity contribution < 1.29 is 0 Å². The lowest BCUT2D eigenvalue weighted by atomic mass is 10.1. The van der Waals surface area contributed by atoms with Crippen LogP contribution in [0.15, 0.2) is 22.7 Å². The van der Waals surface area contributed by atoms with Crippen molar-refractivity contribution in [3.05, 3.63) is 33.8 Å². The minimum Gasteiger partial charge on any atom is -0.329 e. The van der Waals surface area contributed by atoms with Crippen LogP contribution < -0.4 is 11.1 Å². The average Bonchev–Trinajstić information content (AvgIpc) is 2.16. The van der Waals surface area contributed by atoms with Gasteiger partial charge in [0.2, 0.25) is 0 Å². The van der Waals surface area contributed by atoms with Gasteiger partial charge in [-0.3, -0.25) is 0 Å². The summed E-state index contributed by atoms with van der Waals surface area (Å²) in [6.45, 7) is 5.70. The van der Waals surface area contributed by atoms with Crippen LogP contribution in [0.25, 0.3) is 0 Å². The summed E-state index contributed by atoms with van der Waals surface area (Å²) < 4.78 is 1.16. The standard InChI is InChI=1S/C11H17BrN2/c1-8-3-4-10(11(12)5-8)7-14-9(2)6-13/h3-5,9,14H,6-7,13H2,1-2H3. The number of rotatable bonds is 4. The Morgan fingerprint density at radius 3 is 2.79 bits per heavy atom. The van der Waals surface area contributed by atoms with E-state index in [0.717, 1.165) is 11.0 Å². The van der Waals surface area contributed by atoms with Gasteiger partial charge in [0.1, 0.15) is 0 Å². The SMILES string of the molecule is Cc1ccc(CNC(C)CN)c(Br)c1. The molecule has 0 saturated heterocycles. The molecular weight excluding hydrogens is 240 g/mol. The van der Waals surface area contributed by atoms with Crippen molar-refractivity contribution in [2.75, 3.05) is 6.54 Å². The first kappa shape index (κ1) is 11.7. The van der Waals surface area contributed by atoms with Crippen molar-refractivity contribution >= 4 is 15.9 Å². The Kier molecular flexibility index (Phi) is 4.58. The maximum Gasteiger partial charge on any atom is 0.0222 e. The largest absolute Gasteiger partial charge is 0.329 e. The maximum atomic E-state index is 5.52. The van der Waals surface area contributed by atoms with Gasteiger partial charge in [-0.2, -0.15) is 0 Å². The number of nitrogens with one attached hydrogen (secondary N) is 1. The lowest BCUT2D eigenvalue weighted by Crippen LogP contribution is -2.32. The van der Waals surface area contributed by atoms with Gasteiger partial charge in [0.15, 0.2) is 0 Å². The van der Waals surface area contributed by atoms with Crippen LogP contribution in [0.5, 0.6) is 0 Å². The second kappa shape index (κ2) is 5.49. The smallest absolute Gasteiger partial charge is 0.0222 e. The van der Waals surface area contributed by atoms with Crippen molar-refractivity contribution in [3.63, 3.8) is 0 Å². The van der Waals surface area contributed by atoms with Gasteiger partial charge < -0.3 is 11.1 Å². The Balaban J connectivity index is 2.59. The molecule has 78 valence electrons. The normalized spacial score (nSPS) is 12.9. The molecule has 1 aromatic rings. The summed E-state index contributed by atoms with van der Waals surface area (Å²) in [5.74, 6) is 0. The molecule has 0 amide bonds. The average molecular weight is 257 g/mol. The highest BCUT2D eigenvalue weighted by Gasteiger charge is 2.02. The lowest BCUT2D eigenvalue weighted by Gasteiger charge is -2.12. The molecule has 1 unspecified atom stereocenters. The molecule has 0 radical (unpaired) electrons. The van der Waals surface area contributed by atoms with E-state index in [1.807, 2.05) is 0 Å². The van der Waals surface area contributed by atoms with E-state index in [-0.39, 0.29) is 0 Å². The van der Waals surface area contributed by atoms with Crippen LogP contribution in [0.4, 0.5) is 0 Å². The molecule has 0 saturated carbocycles. The van der Waals surface area contributed by atoms with Crippen LogP contribution in [0.1, 0.15) is 18.1 Å². The van der Waals surface area contributed by atoms with E-state index in [2.05, 4.69) is 53.3 Å². The Morgan fingerprint density at radius 1 is 1.50 bits per heavy atom. The van der Waals surface area contributed by atoms with Gasteiger partial charge in [-0.15, -0.1) is 0 Å². The van der Waals surface area contributed by atoms with E-state index in [4.69, 9.17) is 5.73 Å². The van der Waals surface area contributed by atoms with Crippen LogP contribution in [-0.4, -0.2) is 12.6 Å². The molecule has 3 heteroatoms. The van der Waals surface area contributed by atoms with Gasteiger partial charge in [0.25, 0.3) is 0 Å². The molecule has 2 nitrogen and oxygen atoms in total. The van der Waals surface area contributed by atoms with Gasteiger partial charge in [0, 0.05) is 23.6 Å². The third-order valence-corrected chi connectivity index (χ3v) is 2.94. The number of benzene rings is 1. The van der Waals surface area contributed by atoms with Gasteiger partial charge >= 0.3 is 0 Å². The number of nitrogens with two attached hydrogens (primary N) is 1. The number of hydrogen-bond acceptors (Lipinski definition) is 2. The molecule has 0 heterocycles. The number of aryl methyl sites for hydroxylation is 1. The zero-order valence-corrected chi connectivity index (χ0v) is 10.3. The Hall–Kier alpha value is -0.380. The van der Waals surface area contributed by atoms with Crippen LogP contribution in [-0.2, 0) is 6.54 Å². The van der Waals surface area contributed by atoms with E-state index in [1.54, 1.807) is 0 Å².